The largest absolute Gasteiger partial charge is 0.462 e. The second-order valence-electron chi connectivity index (χ2n) is 7.88. The van der Waals surface area contributed by atoms with E-state index in [-0.39, 0.29) is 0 Å². The van der Waals surface area contributed by atoms with Crippen molar-refractivity contribution < 1.29 is 9.52 Å². The predicted molar refractivity (Wildman–Crippen MR) is 117 cm³/mol. The molecule has 0 atom stereocenters. The summed E-state index contributed by atoms with van der Waals surface area (Å²) in [7, 11) is 0. The van der Waals surface area contributed by atoms with E-state index in [1.165, 1.54) is 11.1 Å². The Morgan fingerprint density at radius 3 is 2.25 bits per heavy atom. The maximum atomic E-state index is 11.2. The monoisotopic (exact) mass is 381 g/mol. The zero-order chi connectivity index (χ0) is 20.6. The summed E-state index contributed by atoms with van der Waals surface area (Å²) in [5.74, 6) is 1.53. The molecule has 0 aliphatic heterocycles. The molecule has 0 fully saturated rings. The lowest BCUT2D eigenvalue weighted by molar-refractivity contribution is -0.00232. The minimum Gasteiger partial charge on any atom is -0.462 e. The van der Waals surface area contributed by atoms with Crippen molar-refractivity contribution in [3.8, 4) is 0 Å². The molecule has 1 heterocycles. The predicted octanol–water partition coefficient (Wildman–Crippen LogP) is 6.12. The van der Waals surface area contributed by atoms with Crippen LogP contribution < -0.4 is 0 Å². The van der Waals surface area contributed by atoms with Gasteiger partial charge < -0.3 is 9.52 Å². The number of benzene rings is 1. The maximum absolute atomic E-state index is 11.2. The van der Waals surface area contributed by atoms with Crippen LogP contribution in [0.3, 0.4) is 0 Å². The first-order valence-corrected chi connectivity index (χ1v) is 10.2. The Labute approximate surface area is 170 Å². The summed E-state index contributed by atoms with van der Waals surface area (Å²) in [6, 6.07) is 12.8. The minimum absolute atomic E-state index is 0.383. The molecule has 0 bridgehead atoms. The van der Waals surface area contributed by atoms with E-state index in [1.807, 2.05) is 24.3 Å². The van der Waals surface area contributed by atoms with Crippen molar-refractivity contribution in [3.63, 3.8) is 0 Å². The van der Waals surface area contributed by atoms with E-state index in [9.17, 15) is 5.11 Å². The zero-order valence-corrected chi connectivity index (χ0v) is 17.7. The van der Waals surface area contributed by atoms with Crippen molar-refractivity contribution in [3.05, 3.63) is 84.4 Å². The standard InChI is InChI=1S/C25H35NO2/c1-6-8-16-25(27,17-9-7-2)24-15-14-23(28-24)19-26(20(3)4)18-22-13-11-10-12-21(22)5/h6-7,10-15,20,27H,1-2,8-9,16-19H2,3-5H3. The van der Waals surface area contributed by atoms with Gasteiger partial charge >= 0.3 is 0 Å². The molecule has 0 saturated carbocycles. The van der Waals surface area contributed by atoms with E-state index in [0.717, 1.165) is 25.1 Å². The Morgan fingerprint density at radius 1 is 1.04 bits per heavy atom. The lowest BCUT2D eigenvalue weighted by Crippen LogP contribution is -2.30. The Bertz CT molecular complexity index is 747. The van der Waals surface area contributed by atoms with Gasteiger partial charge in [-0.1, -0.05) is 36.4 Å². The highest BCUT2D eigenvalue weighted by Crippen LogP contribution is 2.33. The summed E-state index contributed by atoms with van der Waals surface area (Å²) in [4.78, 5) is 2.39. The fraction of sp³-hybridized carbons (Fsp3) is 0.440. The number of aryl methyl sites for hydroxylation is 1. The average molecular weight is 382 g/mol. The van der Waals surface area contributed by atoms with Crippen LogP contribution in [0.1, 0.15) is 62.2 Å². The Kier molecular flexibility index (Phi) is 8.28. The second kappa shape index (κ2) is 10.4. The molecule has 1 N–H and O–H groups in total. The van der Waals surface area contributed by atoms with Crippen LogP contribution in [0, 0.1) is 6.92 Å². The van der Waals surface area contributed by atoms with E-state index < -0.39 is 5.60 Å². The number of furan rings is 1. The van der Waals surface area contributed by atoms with Crippen molar-refractivity contribution in [2.45, 2.75) is 71.2 Å². The third-order valence-corrected chi connectivity index (χ3v) is 5.37. The van der Waals surface area contributed by atoms with Crippen LogP contribution in [-0.4, -0.2) is 16.0 Å². The second-order valence-corrected chi connectivity index (χ2v) is 7.88. The molecule has 2 aromatic rings. The van der Waals surface area contributed by atoms with Crippen LogP contribution in [-0.2, 0) is 18.7 Å². The van der Waals surface area contributed by atoms with Gasteiger partial charge in [0.05, 0.1) is 6.54 Å². The van der Waals surface area contributed by atoms with Crippen LogP contribution >= 0.6 is 0 Å². The van der Waals surface area contributed by atoms with Gasteiger partial charge in [0.2, 0.25) is 0 Å². The quantitative estimate of drug-likeness (QED) is 0.450. The Balaban J connectivity index is 2.16. The number of nitrogens with zero attached hydrogens (tertiary/aromatic N) is 1. The van der Waals surface area contributed by atoms with Gasteiger partial charge in [-0.2, -0.15) is 0 Å². The summed E-state index contributed by atoms with van der Waals surface area (Å²) in [6.45, 7) is 15.7. The molecule has 0 unspecified atom stereocenters. The van der Waals surface area contributed by atoms with E-state index in [1.54, 1.807) is 0 Å². The molecule has 2 rings (SSSR count). The van der Waals surface area contributed by atoms with Crippen LogP contribution in [0.15, 0.2) is 66.1 Å². The van der Waals surface area contributed by atoms with Crippen LogP contribution in [0.25, 0.3) is 0 Å². The number of allylic oxidation sites excluding steroid dienone is 2. The van der Waals surface area contributed by atoms with Gasteiger partial charge in [-0.25, -0.2) is 0 Å². The van der Waals surface area contributed by atoms with Gasteiger partial charge in [-0.05, 0) is 69.7 Å². The third-order valence-electron chi connectivity index (χ3n) is 5.37. The summed E-state index contributed by atoms with van der Waals surface area (Å²) in [5, 5.41) is 11.2. The molecule has 152 valence electrons. The van der Waals surface area contributed by atoms with Crippen molar-refractivity contribution in [1.82, 2.24) is 4.90 Å². The molecule has 0 amide bonds. The summed E-state index contributed by atoms with van der Waals surface area (Å²) < 4.78 is 6.13. The number of rotatable bonds is 12. The molecule has 0 aliphatic rings. The van der Waals surface area contributed by atoms with Gasteiger partial charge in [-0.3, -0.25) is 4.90 Å². The van der Waals surface area contributed by atoms with Crippen molar-refractivity contribution in [2.24, 2.45) is 0 Å². The third kappa shape index (κ3) is 5.95. The molecule has 0 saturated heterocycles. The van der Waals surface area contributed by atoms with Gasteiger partial charge in [0.1, 0.15) is 17.1 Å². The number of hydrogen-bond donors (Lipinski definition) is 1. The molecule has 28 heavy (non-hydrogen) atoms. The molecule has 0 aliphatic carbocycles. The van der Waals surface area contributed by atoms with Gasteiger partial charge in [-0.15, -0.1) is 13.2 Å². The van der Waals surface area contributed by atoms with Crippen LogP contribution in [0.5, 0.6) is 0 Å². The molecule has 0 spiro atoms. The van der Waals surface area contributed by atoms with Gasteiger partial charge in [0, 0.05) is 12.6 Å². The first kappa shape index (κ1) is 22.2. The van der Waals surface area contributed by atoms with Crippen LogP contribution in [0.2, 0.25) is 0 Å². The summed E-state index contributed by atoms with van der Waals surface area (Å²) >= 11 is 0. The SMILES string of the molecule is C=CCCC(O)(CCC=C)c1ccc(CN(Cc2ccccc2C)C(C)C)o1. The highest BCUT2D eigenvalue weighted by molar-refractivity contribution is 5.25. The normalized spacial score (nSPS) is 11.9. The molecule has 0 radical (unpaired) electrons. The summed E-state index contributed by atoms with van der Waals surface area (Å²) in [5.41, 5.74) is 1.66. The summed E-state index contributed by atoms with van der Waals surface area (Å²) in [6.07, 6.45) is 6.38. The molecule has 1 aromatic heterocycles. The molecule has 3 nitrogen and oxygen atoms in total. The number of hydrogen-bond acceptors (Lipinski definition) is 3. The highest BCUT2D eigenvalue weighted by Gasteiger charge is 2.31. The first-order valence-electron chi connectivity index (χ1n) is 10.2. The fourth-order valence-electron chi connectivity index (χ4n) is 3.39. The zero-order valence-electron chi connectivity index (χ0n) is 17.7. The molecule has 1 aromatic carbocycles. The average Bonchev–Trinajstić information content (AvgIpc) is 3.15. The Hall–Kier alpha value is -2.10. The van der Waals surface area contributed by atoms with Gasteiger partial charge in [0.15, 0.2) is 0 Å². The lowest BCUT2D eigenvalue weighted by atomic mass is 9.89. The van der Waals surface area contributed by atoms with Crippen molar-refractivity contribution >= 4 is 0 Å². The van der Waals surface area contributed by atoms with E-state index in [2.05, 4.69) is 63.1 Å². The van der Waals surface area contributed by atoms with Crippen molar-refractivity contribution in [1.29, 1.82) is 0 Å². The van der Waals surface area contributed by atoms with Gasteiger partial charge in [0.25, 0.3) is 0 Å². The minimum atomic E-state index is -0.973. The van der Waals surface area contributed by atoms with E-state index >= 15 is 0 Å². The maximum Gasteiger partial charge on any atom is 0.135 e. The lowest BCUT2D eigenvalue weighted by Gasteiger charge is -2.27. The fourth-order valence-corrected chi connectivity index (χ4v) is 3.39. The molecular formula is C25H35NO2. The van der Waals surface area contributed by atoms with Crippen molar-refractivity contribution in [2.75, 3.05) is 0 Å². The first-order chi connectivity index (χ1) is 13.4. The number of aliphatic hydroxyl groups is 1. The van der Waals surface area contributed by atoms with E-state index in [0.29, 0.717) is 31.2 Å². The van der Waals surface area contributed by atoms with Crippen LogP contribution in [0.4, 0.5) is 0 Å². The topological polar surface area (TPSA) is 36.6 Å². The van der Waals surface area contributed by atoms with E-state index in [4.69, 9.17) is 4.42 Å². The Morgan fingerprint density at radius 2 is 1.68 bits per heavy atom. The molecular weight excluding hydrogens is 346 g/mol. The molecule has 3 heteroatoms. The smallest absolute Gasteiger partial charge is 0.135 e. The highest BCUT2D eigenvalue weighted by atomic mass is 16.4.